The fourth-order valence-corrected chi connectivity index (χ4v) is 3.26. The number of aromatic nitrogens is 4. The fourth-order valence-electron chi connectivity index (χ4n) is 2.49. The van der Waals surface area contributed by atoms with Gasteiger partial charge in [0, 0.05) is 31.4 Å². The predicted molar refractivity (Wildman–Crippen MR) is 105 cm³/mol. The topological polar surface area (TPSA) is 81.9 Å². The zero-order valence-corrected chi connectivity index (χ0v) is 16.3. The molecule has 7 nitrogen and oxygen atoms in total. The summed E-state index contributed by atoms with van der Waals surface area (Å²) >= 11 is 1.43. The van der Waals surface area contributed by atoms with E-state index in [2.05, 4.69) is 27.4 Å². The van der Waals surface area contributed by atoms with E-state index in [-0.39, 0.29) is 5.91 Å². The average molecular weight is 385 g/mol. The Labute approximate surface area is 162 Å². The summed E-state index contributed by atoms with van der Waals surface area (Å²) < 4.78 is 7.60. The SMILES string of the molecule is CCCCCc1nnc(NC(=O)c2ccc(OCc3nccn3C)cc2)s1. The van der Waals surface area contributed by atoms with Gasteiger partial charge in [0.15, 0.2) is 0 Å². The molecule has 0 fully saturated rings. The van der Waals surface area contributed by atoms with Crippen LogP contribution in [0.15, 0.2) is 36.7 Å². The molecule has 2 heterocycles. The molecule has 0 spiro atoms. The van der Waals surface area contributed by atoms with Crippen LogP contribution in [-0.4, -0.2) is 25.7 Å². The van der Waals surface area contributed by atoms with Crippen molar-refractivity contribution in [3.63, 3.8) is 0 Å². The number of amides is 1. The lowest BCUT2D eigenvalue weighted by Crippen LogP contribution is -2.11. The normalized spacial score (nSPS) is 10.7. The number of anilines is 1. The van der Waals surface area contributed by atoms with Gasteiger partial charge in [0.05, 0.1) is 0 Å². The number of nitrogens with one attached hydrogen (secondary N) is 1. The highest BCUT2D eigenvalue weighted by atomic mass is 32.1. The maximum atomic E-state index is 12.4. The summed E-state index contributed by atoms with van der Waals surface area (Å²) in [5.41, 5.74) is 0.544. The number of carbonyl (C=O) groups is 1. The Hall–Kier alpha value is -2.74. The molecule has 1 aromatic carbocycles. The number of hydrogen-bond donors (Lipinski definition) is 1. The van der Waals surface area contributed by atoms with E-state index in [1.807, 2.05) is 17.8 Å². The fraction of sp³-hybridized carbons (Fsp3) is 0.368. The minimum Gasteiger partial charge on any atom is -0.486 e. The number of benzene rings is 1. The third-order valence-electron chi connectivity index (χ3n) is 4.09. The molecule has 0 atom stereocenters. The van der Waals surface area contributed by atoms with Crippen molar-refractivity contribution in [2.75, 3.05) is 5.32 Å². The summed E-state index contributed by atoms with van der Waals surface area (Å²) in [6.45, 7) is 2.54. The molecule has 0 unspecified atom stereocenters. The van der Waals surface area contributed by atoms with Crippen LogP contribution < -0.4 is 10.1 Å². The molecule has 27 heavy (non-hydrogen) atoms. The van der Waals surface area contributed by atoms with E-state index in [0.29, 0.717) is 23.1 Å². The molecular weight excluding hydrogens is 362 g/mol. The molecule has 0 aliphatic carbocycles. The van der Waals surface area contributed by atoms with E-state index in [9.17, 15) is 4.79 Å². The minimum absolute atomic E-state index is 0.207. The van der Waals surface area contributed by atoms with Crippen LogP contribution in [0.25, 0.3) is 0 Å². The van der Waals surface area contributed by atoms with Crippen LogP contribution >= 0.6 is 11.3 Å². The third kappa shape index (κ3) is 5.37. The van der Waals surface area contributed by atoms with Gasteiger partial charge in [-0.2, -0.15) is 0 Å². The van der Waals surface area contributed by atoms with E-state index in [1.54, 1.807) is 30.5 Å². The Morgan fingerprint density at radius 3 is 2.74 bits per heavy atom. The molecule has 0 aliphatic heterocycles. The van der Waals surface area contributed by atoms with Crippen LogP contribution in [0.3, 0.4) is 0 Å². The Morgan fingerprint density at radius 1 is 1.22 bits per heavy atom. The number of hydrogen-bond acceptors (Lipinski definition) is 6. The maximum Gasteiger partial charge on any atom is 0.257 e. The number of ether oxygens (including phenoxy) is 1. The van der Waals surface area contributed by atoms with Crippen molar-refractivity contribution in [1.82, 2.24) is 19.7 Å². The molecule has 3 rings (SSSR count). The molecule has 0 bridgehead atoms. The van der Waals surface area contributed by atoms with Gasteiger partial charge in [0.25, 0.3) is 5.91 Å². The Kier molecular flexibility index (Phi) is 6.54. The van der Waals surface area contributed by atoms with Gasteiger partial charge in [-0.15, -0.1) is 10.2 Å². The second kappa shape index (κ2) is 9.27. The first-order chi connectivity index (χ1) is 13.2. The quantitative estimate of drug-likeness (QED) is 0.566. The number of imidazole rings is 1. The van der Waals surface area contributed by atoms with Crippen molar-refractivity contribution in [2.24, 2.45) is 7.05 Å². The molecule has 1 N–H and O–H groups in total. The van der Waals surface area contributed by atoms with Crippen molar-refractivity contribution in [3.05, 3.63) is 53.1 Å². The molecule has 0 radical (unpaired) electrons. The van der Waals surface area contributed by atoms with Crippen LogP contribution in [0.5, 0.6) is 5.75 Å². The van der Waals surface area contributed by atoms with Gasteiger partial charge >= 0.3 is 0 Å². The summed E-state index contributed by atoms with van der Waals surface area (Å²) in [5, 5.41) is 12.5. The van der Waals surface area contributed by atoms with Crippen molar-refractivity contribution >= 4 is 22.4 Å². The van der Waals surface area contributed by atoms with E-state index in [4.69, 9.17) is 4.74 Å². The van der Waals surface area contributed by atoms with Gasteiger partial charge < -0.3 is 9.30 Å². The second-order valence-electron chi connectivity index (χ2n) is 6.18. The van der Waals surface area contributed by atoms with Crippen LogP contribution in [0.4, 0.5) is 5.13 Å². The maximum absolute atomic E-state index is 12.4. The first-order valence-electron chi connectivity index (χ1n) is 8.98. The van der Waals surface area contributed by atoms with Crippen LogP contribution in [0.2, 0.25) is 0 Å². The molecule has 0 aliphatic rings. The average Bonchev–Trinajstić information content (AvgIpc) is 3.29. The van der Waals surface area contributed by atoms with Gasteiger partial charge in [-0.05, 0) is 30.7 Å². The van der Waals surface area contributed by atoms with E-state index >= 15 is 0 Å². The summed E-state index contributed by atoms with van der Waals surface area (Å²) in [6, 6.07) is 7.00. The van der Waals surface area contributed by atoms with Gasteiger partial charge in [0.2, 0.25) is 5.13 Å². The predicted octanol–water partition coefficient (Wildman–Crippen LogP) is 3.84. The van der Waals surface area contributed by atoms with Gasteiger partial charge in [0.1, 0.15) is 23.2 Å². The summed E-state index contributed by atoms with van der Waals surface area (Å²) in [5.74, 6) is 1.31. The van der Waals surface area contributed by atoms with Crippen molar-refractivity contribution in [3.8, 4) is 5.75 Å². The third-order valence-corrected chi connectivity index (χ3v) is 4.99. The van der Waals surface area contributed by atoms with Crippen LogP contribution in [-0.2, 0) is 20.1 Å². The summed E-state index contributed by atoms with van der Waals surface area (Å²) in [6.07, 6.45) is 7.95. The number of carbonyl (C=O) groups excluding carboxylic acids is 1. The van der Waals surface area contributed by atoms with E-state index in [1.165, 1.54) is 24.2 Å². The molecule has 0 saturated carbocycles. The Bertz CT molecular complexity index is 872. The number of unbranched alkanes of at least 4 members (excludes halogenated alkanes) is 2. The van der Waals surface area contributed by atoms with E-state index in [0.717, 1.165) is 23.7 Å². The van der Waals surface area contributed by atoms with Gasteiger partial charge in [-0.1, -0.05) is 31.1 Å². The highest BCUT2D eigenvalue weighted by Gasteiger charge is 2.10. The lowest BCUT2D eigenvalue weighted by molar-refractivity contribution is 0.102. The zero-order valence-electron chi connectivity index (χ0n) is 15.5. The lowest BCUT2D eigenvalue weighted by Gasteiger charge is -2.07. The monoisotopic (exact) mass is 385 g/mol. The summed E-state index contributed by atoms with van der Waals surface area (Å²) in [7, 11) is 1.92. The Balaban J connectivity index is 1.52. The van der Waals surface area contributed by atoms with Crippen molar-refractivity contribution in [1.29, 1.82) is 0 Å². The molecule has 2 aromatic heterocycles. The second-order valence-corrected chi connectivity index (χ2v) is 7.24. The Morgan fingerprint density at radius 2 is 2.04 bits per heavy atom. The molecule has 142 valence electrons. The number of aryl methyl sites for hydroxylation is 2. The lowest BCUT2D eigenvalue weighted by atomic mass is 10.2. The first-order valence-corrected chi connectivity index (χ1v) is 9.80. The standard InChI is InChI=1S/C19H23N5O2S/c1-3-4-5-6-17-22-23-19(27-17)21-18(25)14-7-9-15(10-8-14)26-13-16-20-11-12-24(16)2/h7-12H,3-6,13H2,1-2H3,(H,21,23,25). The molecule has 0 saturated heterocycles. The van der Waals surface area contributed by atoms with Crippen LogP contribution in [0.1, 0.15) is 47.4 Å². The van der Waals surface area contributed by atoms with Gasteiger partial charge in [-0.25, -0.2) is 4.98 Å². The van der Waals surface area contributed by atoms with Gasteiger partial charge in [-0.3, -0.25) is 10.1 Å². The highest BCUT2D eigenvalue weighted by molar-refractivity contribution is 7.15. The molecule has 8 heteroatoms. The molecule has 1 amide bonds. The molecular formula is C19H23N5O2S. The van der Waals surface area contributed by atoms with Crippen molar-refractivity contribution in [2.45, 2.75) is 39.2 Å². The van der Waals surface area contributed by atoms with E-state index < -0.39 is 0 Å². The van der Waals surface area contributed by atoms with Crippen LogP contribution in [0, 0.1) is 0 Å². The highest BCUT2D eigenvalue weighted by Crippen LogP contribution is 2.19. The molecule has 3 aromatic rings. The largest absolute Gasteiger partial charge is 0.486 e. The number of rotatable bonds is 9. The van der Waals surface area contributed by atoms with Crippen molar-refractivity contribution < 1.29 is 9.53 Å². The smallest absolute Gasteiger partial charge is 0.257 e. The number of nitrogens with zero attached hydrogens (tertiary/aromatic N) is 4. The zero-order chi connectivity index (χ0) is 19.1. The first kappa shape index (κ1) is 19.0. The minimum atomic E-state index is -0.207. The summed E-state index contributed by atoms with van der Waals surface area (Å²) in [4.78, 5) is 16.6.